The minimum Gasteiger partial charge on any atom is -0.497 e. The zero-order chi connectivity index (χ0) is 15.2. The Kier molecular flexibility index (Phi) is 6.29. The largest absolute Gasteiger partial charge is 0.497 e. The van der Waals surface area contributed by atoms with E-state index in [1.165, 1.54) is 0 Å². The van der Waals surface area contributed by atoms with Crippen LogP contribution in [-0.4, -0.2) is 39.2 Å². The number of hydrogen-bond acceptors (Lipinski definition) is 5. The Balaban J connectivity index is 2.69. The fourth-order valence-corrected chi connectivity index (χ4v) is 2.72. The lowest BCUT2D eigenvalue weighted by molar-refractivity contribution is 0.166. The maximum atomic E-state index is 11.4. The van der Waals surface area contributed by atoms with E-state index in [4.69, 9.17) is 9.47 Å². The third-order valence-electron chi connectivity index (χ3n) is 3.13. The van der Waals surface area contributed by atoms with E-state index in [9.17, 15) is 13.5 Å². The van der Waals surface area contributed by atoms with Gasteiger partial charge in [-0.25, -0.2) is 8.42 Å². The molecule has 20 heavy (non-hydrogen) atoms. The molecule has 0 fully saturated rings. The molecular formula is C14H22O5S. The van der Waals surface area contributed by atoms with Crippen LogP contribution in [-0.2, 0) is 9.84 Å². The highest BCUT2D eigenvalue weighted by Crippen LogP contribution is 2.28. The molecule has 0 aromatic heterocycles. The molecule has 0 saturated heterocycles. The number of sulfone groups is 1. The average Bonchev–Trinajstić information content (AvgIpc) is 2.46. The first-order valence-corrected chi connectivity index (χ1v) is 8.35. The van der Waals surface area contributed by atoms with E-state index in [0.717, 1.165) is 0 Å². The molecule has 1 unspecified atom stereocenters. The lowest BCUT2D eigenvalue weighted by Crippen LogP contribution is -2.10. The second-order valence-electron chi connectivity index (χ2n) is 4.54. The lowest BCUT2D eigenvalue weighted by Gasteiger charge is -2.14. The molecule has 1 N–H and O–H groups in total. The van der Waals surface area contributed by atoms with Crippen molar-refractivity contribution in [3.63, 3.8) is 0 Å². The minimum atomic E-state index is -2.98. The second-order valence-corrected chi connectivity index (χ2v) is 7.01. The van der Waals surface area contributed by atoms with Crippen LogP contribution in [0.2, 0.25) is 0 Å². The Bertz CT molecular complexity index is 502. The molecule has 1 atom stereocenters. The first-order chi connectivity index (χ1) is 9.41. The summed E-state index contributed by atoms with van der Waals surface area (Å²) in [5.74, 6) is 1.43. The van der Waals surface area contributed by atoms with Crippen LogP contribution in [0.15, 0.2) is 18.2 Å². The molecule has 5 nitrogen and oxygen atoms in total. The molecule has 1 aromatic rings. The first-order valence-electron chi connectivity index (χ1n) is 6.53. The Morgan fingerprint density at radius 1 is 1.15 bits per heavy atom. The van der Waals surface area contributed by atoms with Crippen LogP contribution in [0.3, 0.4) is 0 Å². The van der Waals surface area contributed by atoms with Gasteiger partial charge in [-0.15, -0.1) is 0 Å². The van der Waals surface area contributed by atoms with Gasteiger partial charge in [-0.3, -0.25) is 0 Å². The minimum absolute atomic E-state index is 0.0989. The van der Waals surface area contributed by atoms with Gasteiger partial charge >= 0.3 is 0 Å². The van der Waals surface area contributed by atoms with Gasteiger partial charge in [0.1, 0.15) is 21.3 Å². The van der Waals surface area contributed by atoms with Crippen LogP contribution in [0, 0.1) is 0 Å². The SMILES string of the molecule is CCS(=O)(=O)CCCC(O)c1cc(OC)cc(OC)c1. The Hall–Kier alpha value is -1.27. The van der Waals surface area contributed by atoms with E-state index in [1.54, 1.807) is 39.3 Å². The highest BCUT2D eigenvalue weighted by atomic mass is 32.2. The smallest absolute Gasteiger partial charge is 0.150 e. The summed E-state index contributed by atoms with van der Waals surface area (Å²) in [6, 6.07) is 5.17. The number of ether oxygens (including phenoxy) is 2. The highest BCUT2D eigenvalue weighted by molar-refractivity contribution is 7.91. The Labute approximate surface area is 120 Å². The Morgan fingerprint density at radius 2 is 1.70 bits per heavy atom. The van der Waals surface area contributed by atoms with Crippen molar-refractivity contribution in [1.82, 2.24) is 0 Å². The number of methoxy groups -OCH3 is 2. The highest BCUT2D eigenvalue weighted by Gasteiger charge is 2.13. The maximum Gasteiger partial charge on any atom is 0.150 e. The fourth-order valence-electron chi connectivity index (χ4n) is 1.83. The Morgan fingerprint density at radius 3 is 2.15 bits per heavy atom. The van der Waals surface area contributed by atoms with Crippen molar-refractivity contribution in [1.29, 1.82) is 0 Å². The standard InChI is InChI=1S/C14H22O5S/c1-4-20(16,17)7-5-6-14(15)11-8-12(18-2)10-13(9-11)19-3/h8-10,14-15H,4-7H2,1-3H3. The summed E-state index contributed by atoms with van der Waals surface area (Å²) < 4.78 is 33.1. The van der Waals surface area contributed by atoms with E-state index in [1.807, 2.05) is 0 Å². The van der Waals surface area contributed by atoms with Crippen LogP contribution in [0.1, 0.15) is 31.4 Å². The molecule has 0 saturated carbocycles. The number of hydrogen-bond donors (Lipinski definition) is 1. The average molecular weight is 302 g/mol. The normalized spacial score (nSPS) is 13.0. The lowest BCUT2D eigenvalue weighted by atomic mass is 10.0. The van der Waals surface area contributed by atoms with Gasteiger partial charge in [-0.2, -0.15) is 0 Å². The molecule has 0 amide bonds. The maximum absolute atomic E-state index is 11.4. The zero-order valence-corrected chi connectivity index (χ0v) is 12.9. The van der Waals surface area contributed by atoms with Crippen LogP contribution < -0.4 is 9.47 Å². The van der Waals surface area contributed by atoms with Crippen LogP contribution in [0.5, 0.6) is 11.5 Å². The predicted molar refractivity (Wildman–Crippen MR) is 78.1 cm³/mol. The zero-order valence-electron chi connectivity index (χ0n) is 12.1. The molecule has 1 aromatic carbocycles. The van der Waals surface area contributed by atoms with Gasteiger partial charge in [-0.1, -0.05) is 6.92 Å². The molecule has 1 rings (SSSR count). The predicted octanol–water partition coefficient (Wildman–Crippen LogP) is 1.95. The van der Waals surface area contributed by atoms with Crippen LogP contribution >= 0.6 is 0 Å². The van der Waals surface area contributed by atoms with Gasteiger partial charge in [-0.05, 0) is 30.5 Å². The number of aliphatic hydroxyl groups excluding tert-OH is 1. The third-order valence-corrected chi connectivity index (χ3v) is 4.92. The van der Waals surface area contributed by atoms with Gasteiger partial charge in [0, 0.05) is 11.8 Å². The molecule has 0 spiro atoms. The van der Waals surface area contributed by atoms with E-state index in [-0.39, 0.29) is 11.5 Å². The molecule has 0 radical (unpaired) electrons. The van der Waals surface area contributed by atoms with Crippen molar-refractivity contribution in [2.45, 2.75) is 25.9 Å². The summed E-state index contributed by atoms with van der Waals surface area (Å²) >= 11 is 0. The van der Waals surface area contributed by atoms with E-state index in [2.05, 4.69) is 0 Å². The number of rotatable bonds is 8. The molecule has 0 heterocycles. The summed E-state index contributed by atoms with van der Waals surface area (Å²) in [6.07, 6.45) is 0.0814. The number of benzene rings is 1. The monoisotopic (exact) mass is 302 g/mol. The van der Waals surface area contributed by atoms with Gasteiger partial charge in [0.25, 0.3) is 0 Å². The molecule has 6 heteroatoms. The van der Waals surface area contributed by atoms with Crippen molar-refractivity contribution in [3.8, 4) is 11.5 Å². The molecular weight excluding hydrogens is 280 g/mol. The van der Waals surface area contributed by atoms with Crippen molar-refractivity contribution in [2.75, 3.05) is 25.7 Å². The molecule has 114 valence electrons. The molecule has 0 aliphatic rings. The molecule has 0 aliphatic carbocycles. The first kappa shape index (κ1) is 16.8. The summed E-state index contributed by atoms with van der Waals surface area (Å²) in [6.45, 7) is 1.62. The summed E-state index contributed by atoms with van der Waals surface area (Å²) in [4.78, 5) is 0. The quantitative estimate of drug-likeness (QED) is 0.794. The second kappa shape index (κ2) is 7.50. The summed E-state index contributed by atoms with van der Waals surface area (Å²) in [5, 5.41) is 10.1. The van der Waals surface area contributed by atoms with Gasteiger partial charge in [0.15, 0.2) is 0 Å². The van der Waals surface area contributed by atoms with Crippen LogP contribution in [0.4, 0.5) is 0 Å². The van der Waals surface area contributed by atoms with Gasteiger partial charge in [0.05, 0.1) is 26.1 Å². The fraction of sp³-hybridized carbons (Fsp3) is 0.571. The van der Waals surface area contributed by atoms with Gasteiger partial charge < -0.3 is 14.6 Å². The molecule has 0 aliphatic heterocycles. The summed E-state index contributed by atoms with van der Waals surface area (Å²) in [5.41, 5.74) is 0.662. The van der Waals surface area contributed by atoms with Crippen molar-refractivity contribution >= 4 is 9.84 Å². The topological polar surface area (TPSA) is 72.8 Å². The number of aliphatic hydroxyl groups is 1. The van der Waals surface area contributed by atoms with Crippen molar-refractivity contribution in [2.24, 2.45) is 0 Å². The van der Waals surface area contributed by atoms with E-state index < -0.39 is 15.9 Å². The van der Waals surface area contributed by atoms with Crippen LogP contribution in [0.25, 0.3) is 0 Å². The van der Waals surface area contributed by atoms with E-state index in [0.29, 0.717) is 29.9 Å². The van der Waals surface area contributed by atoms with Crippen molar-refractivity contribution < 1.29 is 23.0 Å². The summed E-state index contributed by atoms with van der Waals surface area (Å²) in [7, 11) is 0.0974. The van der Waals surface area contributed by atoms with Crippen molar-refractivity contribution in [3.05, 3.63) is 23.8 Å². The van der Waals surface area contributed by atoms with Gasteiger partial charge in [0.2, 0.25) is 0 Å². The molecule has 0 bridgehead atoms. The third kappa shape index (κ3) is 5.02. The van der Waals surface area contributed by atoms with E-state index >= 15 is 0 Å².